The van der Waals surface area contributed by atoms with Gasteiger partial charge in [0, 0.05) is 0 Å². The number of benzene rings is 1. The van der Waals surface area contributed by atoms with Gasteiger partial charge in [0.1, 0.15) is 6.61 Å². The van der Waals surface area contributed by atoms with Gasteiger partial charge in [0.15, 0.2) is 5.82 Å². The van der Waals surface area contributed by atoms with Crippen molar-refractivity contribution in [3.05, 3.63) is 34.6 Å². The maximum atomic E-state index is 8.80. The monoisotopic (exact) mass is 224 g/mol. The zero-order valence-electron chi connectivity index (χ0n) is 8.07. The Bertz CT molecular complexity index is 482. The summed E-state index contributed by atoms with van der Waals surface area (Å²) in [5.74, 6) is 0.579. The van der Waals surface area contributed by atoms with Crippen LogP contribution in [-0.2, 0) is 6.61 Å². The molecule has 0 spiro atoms. The van der Waals surface area contributed by atoms with Crippen LogP contribution < -0.4 is 0 Å². The minimum atomic E-state index is -0.243. The third kappa shape index (κ3) is 1.86. The smallest absolute Gasteiger partial charge is 0.259 e. The van der Waals surface area contributed by atoms with E-state index in [0.717, 1.165) is 5.56 Å². The van der Waals surface area contributed by atoms with Gasteiger partial charge >= 0.3 is 0 Å². The molecule has 1 aromatic heterocycles. The second-order valence-electron chi connectivity index (χ2n) is 3.11. The quantitative estimate of drug-likeness (QED) is 0.850. The van der Waals surface area contributed by atoms with Crippen LogP contribution in [0.3, 0.4) is 0 Å². The SMILES string of the molecule is Cc1cccc(-c2nc(CO)no2)c1Cl. The van der Waals surface area contributed by atoms with Crippen LogP contribution in [0.15, 0.2) is 22.7 Å². The number of rotatable bonds is 2. The number of nitrogens with zero attached hydrogens (tertiary/aromatic N) is 2. The predicted octanol–water partition coefficient (Wildman–Crippen LogP) is 2.19. The normalized spacial score (nSPS) is 10.6. The van der Waals surface area contributed by atoms with E-state index in [0.29, 0.717) is 16.5 Å². The minimum Gasteiger partial charge on any atom is -0.388 e. The Morgan fingerprint density at radius 3 is 2.93 bits per heavy atom. The fourth-order valence-corrected chi connectivity index (χ4v) is 1.45. The topological polar surface area (TPSA) is 59.2 Å². The third-order valence-corrected chi connectivity index (χ3v) is 2.53. The highest BCUT2D eigenvalue weighted by molar-refractivity contribution is 6.33. The molecule has 4 nitrogen and oxygen atoms in total. The lowest BCUT2D eigenvalue weighted by atomic mass is 10.1. The molecule has 0 bridgehead atoms. The Balaban J connectivity index is 2.49. The van der Waals surface area contributed by atoms with Crippen molar-refractivity contribution in [3.8, 4) is 11.5 Å². The molecule has 2 aromatic rings. The molecular weight excluding hydrogens is 216 g/mol. The number of hydrogen-bond acceptors (Lipinski definition) is 4. The molecular formula is C10H9ClN2O2. The van der Waals surface area contributed by atoms with Gasteiger partial charge in [-0.05, 0) is 18.6 Å². The van der Waals surface area contributed by atoms with E-state index in [1.807, 2.05) is 19.1 Å². The Morgan fingerprint density at radius 1 is 1.47 bits per heavy atom. The molecule has 0 aliphatic rings. The third-order valence-electron chi connectivity index (χ3n) is 2.03. The van der Waals surface area contributed by atoms with Gasteiger partial charge in [-0.1, -0.05) is 28.9 Å². The molecule has 1 N–H and O–H groups in total. The van der Waals surface area contributed by atoms with E-state index >= 15 is 0 Å². The zero-order valence-corrected chi connectivity index (χ0v) is 8.82. The van der Waals surface area contributed by atoms with Crippen LogP contribution in [0.5, 0.6) is 0 Å². The summed E-state index contributed by atoms with van der Waals surface area (Å²) in [6.45, 7) is 1.65. The summed E-state index contributed by atoms with van der Waals surface area (Å²) in [6.07, 6.45) is 0. The molecule has 0 radical (unpaired) electrons. The van der Waals surface area contributed by atoms with E-state index in [1.54, 1.807) is 6.07 Å². The number of aryl methyl sites for hydroxylation is 1. The molecule has 0 saturated carbocycles. The van der Waals surface area contributed by atoms with Gasteiger partial charge in [0.05, 0.1) is 10.6 Å². The van der Waals surface area contributed by atoms with E-state index in [9.17, 15) is 0 Å². The summed E-state index contributed by atoms with van der Waals surface area (Å²) >= 11 is 6.09. The van der Waals surface area contributed by atoms with Crippen molar-refractivity contribution in [3.63, 3.8) is 0 Å². The lowest BCUT2D eigenvalue weighted by Crippen LogP contribution is -1.86. The van der Waals surface area contributed by atoms with E-state index < -0.39 is 0 Å². The molecule has 15 heavy (non-hydrogen) atoms. The van der Waals surface area contributed by atoms with Crippen molar-refractivity contribution >= 4 is 11.6 Å². The lowest BCUT2D eigenvalue weighted by molar-refractivity contribution is 0.264. The summed E-state index contributed by atoms with van der Waals surface area (Å²) in [7, 11) is 0. The fraction of sp³-hybridized carbons (Fsp3) is 0.200. The Morgan fingerprint density at radius 2 is 2.27 bits per heavy atom. The summed E-state index contributed by atoms with van der Waals surface area (Å²) in [5, 5.41) is 13.0. The molecule has 0 atom stereocenters. The molecule has 0 unspecified atom stereocenters. The van der Waals surface area contributed by atoms with Crippen molar-refractivity contribution < 1.29 is 9.63 Å². The number of aliphatic hydroxyl groups is 1. The molecule has 0 saturated heterocycles. The van der Waals surface area contributed by atoms with E-state index in [4.69, 9.17) is 21.2 Å². The molecule has 2 rings (SSSR count). The number of aromatic nitrogens is 2. The number of hydrogen-bond donors (Lipinski definition) is 1. The van der Waals surface area contributed by atoms with Gasteiger partial charge in [-0.3, -0.25) is 0 Å². The molecule has 1 aromatic carbocycles. The maximum Gasteiger partial charge on any atom is 0.259 e. The first-order valence-corrected chi connectivity index (χ1v) is 4.79. The molecule has 0 fully saturated rings. The second kappa shape index (κ2) is 4.00. The van der Waals surface area contributed by atoms with Gasteiger partial charge in [0.25, 0.3) is 5.89 Å². The highest BCUT2D eigenvalue weighted by Gasteiger charge is 2.12. The number of aliphatic hydroxyl groups excluding tert-OH is 1. The minimum absolute atomic E-state index is 0.243. The van der Waals surface area contributed by atoms with Crippen LogP contribution in [0.25, 0.3) is 11.5 Å². The highest BCUT2D eigenvalue weighted by atomic mass is 35.5. The van der Waals surface area contributed by atoms with E-state index in [2.05, 4.69) is 10.1 Å². The first-order chi connectivity index (χ1) is 7.22. The summed E-state index contributed by atoms with van der Waals surface area (Å²) in [5.41, 5.74) is 1.63. The van der Waals surface area contributed by atoms with Gasteiger partial charge < -0.3 is 9.63 Å². The fourth-order valence-electron chi connectivity index (χ4n) is 1.24. The number of halogens is 1. The van der Waals surface area contributed by atoms with Crippen LogP contribution >= 0.6 is 11.6 Å². The van der Waals surface area contributed by atoms with Crippen molar-refractivity contribution in [2.75, 3.05) is 0 Å². The van der Waals surface area contributed by atoms with Gasteiger partial charge in [-0.2, -0.15) is 4.98 Å². The highest BCUT2D eigenvalue weighted by Crippen LogP contribution is 2.28. The van der Waals surface area contributed by atoms with Crippen molar-refractivity contribution in [1.29, 1.82) is 0 Å². The van der Waals surface area contributed by atoms with Gasteiger partial charge in [0.2, 0.25) is 0 Å². The van der Waals surface area contributed by atoms with Gasteiger partial charge in [-0.25, -0.2) is 0 Å². The molecule has 5 heteroatoms. The second-order valence-corrected chi connectivity index (χ2v) is 3.49. The molecule has 0 aliphatic heterocycles. The molecule has 0 aliphatic carbocycles. The van der Waals surface area contributed by atoms with Crippen molar-refractivity contribution in [1.82, 2.24) is 10.1 Å². The van der Waals surface area contributed by atoms with Crippen LogP contribution in [-0.4, -0.2) is 15.2 Å². The summed E-state index contributed by atoms with van der Waals surface area (Å²) in [4.78, 5) is 3.99. The molecule has 1 heterocycles. The average molecular weight is 225 g/mol. The van der Waals surface area contributed by atoms with Gasteiger partial charge in [-0.15, -0.1) is 0 Å². The maximum absolute atomic E-state index is 8.80. The summed E-state index contributed by atoms with van der Waals surface area (Å²) < 4.78 is 4.97. The summed E-state index contributed by atoms with van der Waals surface area (Å²) in [6, 6.07) is 5.55. The van der Waals surface area contributed by atoms with Crippen LogP contribution in [0, 0.1) is 6.92 Å². The van der Waals surface area contributed by atoms with E-state index in [-0.39, 0.29) is 12.4 Å². The molecule has 78 valence electrons. The average Bonchev–Trinajstić information content (AvgIpc) is 2.70. The van der Waals surface area contributed by atoms with Crippen LogP contribution in [0.1, 0.15) is 11.4 Å². The zero-order chi connectivity index (χ0) is 10.8. The van der Waals surface area contributed by atoms with Crippen molar-refractivity contribution in [2.45, 2.75) is 13.5 Å². The predicted molar refractivity (Wildman–Crippen MR) is 55.4 cm³/mol. The van der Waals surface area contributed by atoms with Crippen LogP contribution in [0.2, 0.25) is 5.02 Å². The molecule has 0 amide bonds. The lowest BCUT2D eigenvalue weighted by Gasteiger charge is -2.00. The van der Waals surface area contributed by atoms with Crippen LogP contribution in [0.4, 0.5) is 0 Å². The Kier molecular flexibility index (Phi) is 2.70. The Labute approximate surface area is 91.5 Å². The first kappa shape index (κ1) is 10.1. The largest absolute Gasteiger partial charge is 0.388 e. The standard InChI is InChI=1S/C10H9ClN2O2/c1-6-3-2-4-7(9(6)11)10-12-8(5-14)13-15-10/h2-4,14H,5H2,1H3. The first-order valence-electron chi connectivity index (χ1n) is 4.41. The van der Waals surface area contributed by atoms with E-state index in [1.165, 1.54) is 0 Å². The Hall–Kier alpha value is -1.39. The van der Waals surface area contributed by atoms with Crippen molar-refractivity contribution in [2.24, 2.45) is 0 Å².